The first-order valence-electron chi connectivity index (χ1n) is 6.24. The third kappa shape index (κ3) is 2.10. The smallest absolute Gasteiger partial charge is 0.266 e. The van der Waals surface area contributed by atoms with Gasteiger partial charge in [-0.15, -0.1) is 11.3 Å². The molecule has 0 radical (unpaired) electrons. The van der Waals surface area contributed by atoms with Gasteiger partial charge in [-0.3, -0.25) is 9.78 Å². The minimum atomic E-state index is 0.0213. The monoisotopic (exact) mass is 273 g/mol. The second-order valence-corrected chi connectivity index (χ2v) is 5.81. The van der Waals surface area contributed by atoms with Gasteiger partial charge in [0, 0.05) is 19.3 Å². The summed E-state index contributed by atoms with van der Waals surface area (Å²) in [7, 11) is 0. The van der Waals surface area contributed by atoms with Gasteiger partial charge in [-0.05, 0) is 25.5 Å². The number of thiophene rings is 1. The highest BCUT2D eigenvalue weighted by atomic mass is 32.1. The van der Waals surface area contributed by atoms with E-state index >= 15 is 0 Å². The molecule has 5 heteroatoms. The molecule has 0 saturated heterocycles. The number of rotatable bonds is 1. The Hall–Kier alpha value is -1.88. The number of nitrogen functional groups attached to an aromatic ring is 1. The number of amides is 1. The maximum Gasteiger partial charge on any atom is 0.266 e. The van der Waals surface area contributed by atoms with Gasteiger partial charge in [0.05, 0.1) is 10.4 Å². The quantitative estimate of drug-likeness (QED) is 0.813. The predicted molar refractivity (Wildman–Crippen MR) is 78.3 cm³/mol. The van der Waals surface area contributed by atoms with Gasteiger partial charge in [0.15, 0.2) is 0 Å². The standard InChI is InChI=1S/C14H15N3OS/c1-9-4-3-7-17(8-9)14(18)13-11(15)12-10(19-13)5-2-6-16-12/h2,4-6H,3,7-8,15H2,1H3. The van der Waals surface area contributed by atoms with Crippen molar-refractivity contribution in [2.45, 2.75) is 13.3 Å². The second kappa shape index (κ2) is 4.66. The van der Waals surface area contributed by atoms with Crippen LogP contribution in [-0.2, 0) is 0 Å². The lowest BCUT2D eigenvalue weighted by Gasteiger charge is -2.25. The number of aromatic nitrogens is 1. The largest absolute Gasteiger partial charge is 0.396 e. The van der Waals surface area contributed by atoms with Crippen molar-refractivity contribution in [1.82, 2.24) is 9.88 Å². The van der Waals surface area contributed by atoms with E-state index in [2.05, 4.69) is 18.0 Å². The van der Waals surface area contributed by atoms with Gasteiger partial charge in [0.1, 0.15) is 10.4 Å². The molecule has 0 atom stereocenters. The number of nitrogens with two attached hydrogens (primary N) is 1. The van der Waals surface area contributed by atoms with E-state index in [0.717, 1.165) is 23.2 Å². The van der Waals surface area contributed by atoms with Gasteiger partial charge >= 0.3 is 0 Å². The highest BCUT2D eigenvalue weighted by molar-refractivity contribution is 7.21. The molecule has 19 heavy (non-hydrogen) atoms. The summed E-state index contributed by atoms with van der Waals surface area (Å²) in [5.74, 6) is 0.0213. The number of carbonyl (C=O) groups is 1. The Labute approximate surface area is 115 Å². The number of hydrogen-bond donors (Lipinski definition) is 1. The van der Waals surface area contributed by atoms with Crippen molar-refractivity contribution in [1.29, 1.82) is 0 Å². The molecule has 0 unspecified atom stereocenters. The Morgan fingerprint density at radius 3 is 3.11 bits per heavy atom. The summed E-state index contributed by atoms with van der Waals surface area (Å²) in [5.41, 5.74) is 8.55. The summed E-state index contributed by atoms with van der Waals surface area (Å²) < 4.78 is 0.965. The molecule has 0 spiro atoms. The molecule has 2 aromatic heterocycles. The van der Waals surface area contributed by atoms with Crippen LogP contribution < -0.4 is 5.73 Å². The topological polar surface area (TPSA) is 59.2 Å². The third-order valence-corrected chi connectivity index (χ3v) is 4.44. The first-order chi connectivity index (χ1) is 9.16. The first kappa shape index (κ1) is 12.2. The van der Waals surface area contributed by atoms with Crippen LogP contribution in [0, 0.1) is 0 Å². The fourth-order valence-electron chi connectivity index (χ4n) is 2.33. The molecule has 3 heterocycles. The normalized spacial score (nSPS) is 15.6. The Bertz CT molecular complexity index is 674. The predicted octanol–water partition coefficient (Wildman–Crippen LogP) is 2.67. The molecule has 0 aromatic carbocycles. The summed E-state index contributed by atoms with van der Waals surface area (Å²) in [6, 6.07) is 3.81. The molecule has 4 nitrogen and oxygen atoms in total. The molecule has 0 fully saturated rings. The van der Waals surface area contributed by atoms with E-state index in [1.807, 2.05) is 17.0 Å². The van der Waals surface area contributed by atoms with Crippen molar-refractivity contribution < 1.29 is 4.79 Å². The van der Waals surface area contributed by atoms with Crippen LogP contribution >= 0.6 is 11.3 Å². The van der Waals surface area contributed by atoms with Gasteiger partial charge in [0.25, 0.3) is 5.91 Å². The number of nitrogens with zero attached hydrogens (tertiary/aromatic N) is 2. The summed E-state index contributed by atoms with van der Waals surface area (Å²) in [6.45, 7) is 3.51. The third-order valence-electron chi connectivity index (χ3n) is 3.30. The van der Waals surface area contributed by atoms with E-state index in [-0.39, 0.29) is 5.91 Å². The van der Waals surface area contributed by atoms with Crippen LogP contribution in [0.5, 0.6) is 0 Å². The van der Waals surface area contributed by atoms with Crippen LogP contribution in [-0.4, -0.2) is 28.9 Å². The molecular weight excluding hydrogens is 258 g/mol. The van der Waals surface area contributed by atoms with Crippen molar-refractivity contribution in [2.24, 2.45) is 0 Å². The fourth-order valence-corrected chi connectivity index (χ4v) is 3.38. The van der Waals surface area contributed by atoms with Crippen LogP contribution in [0.2, 0.25) is 0 Å². The lowest BCUT2D eigenvalue weighted by molar-refractivity contribution is 0.0772. The molecule has 0 bridgehead atoms. The summed E-state index contributed by atoms with van der Waals surface area (Å²) in [4.78, 5) is 19.3. The van der Waals surface area contributed by atoms with E-state index in [4.69, 9.17) is 5.73 Å². The van der Waals surface area contributed by atoms with Crippen molar-refractivity contribution in [3.63, 3.8) is 0 Å². The molecule has 2 N–H and O–H groups in total. The van der Waals surface area contributed by atoms with Gasteiger partial charge < -0.3 is 10.6 Å². The van der Waals surface area contributed by atoms with Crippen molar-refractivity contribution in [2.75, 3.05) is 18.8 Å². The van der Waals surface area contributed by atoms with Crippen molar-refractivity contribution >= 4 is 33.1 Å². The number of fused-ring (bicyclic) bond motifs is 1. The van der Waals surface area contributed by atoms with Crippen LogP contribution in [0.3, 0.4) is 0 Å². The summed E-state index contributed by atoms with van der Waals surface area (Å²) in [6.07, 6.45) is 4.80. The maximum absolute atomic E-state index is 12.5. The van der Waals surface area contributed by atoms with E-state index in [9.17, 15) is 4.79 Å². The Kier molecular flexibility index (Phi) is 2.98. The van der Waals surface area contributed by atoms with Crippen LogP contribution in [0.4, 0.5) is 5.69 Å². The molecule has 0 aliphatic carbocycles. The fraction of sp³-hybridized carbons (Fsp3) is 0.286. The molecule has 2 aromatic rings. The second-order valence-electron chi connectivity index (χ2n) is 4.76. The van der Waals surface area contributed by atoms with Crippen LogP contribution in [0.15, 0.2) is 30.0 Å². The van der Waals surface area contributed by atoms with Gasteiger partial charge in [-0.25, -0.2) is 0 Å². The van der Waals surface area contributed by atoms with Gasteiger partial charge in [0.2, 0.25) is 0 Å². The van der Waals surface area contributed by atoms with E-state index in [1.165, 1.54) is 16.9 Å². The highest BCUT2D eigenvalue weighted by Gasteiger charge is 2.23. The molecule has 98 valence electrons. The Balaban J connectivity index is 1.98. The summed E-state index contributed by atoms with van der Waals surface area (Å²) in [5, 5.41) is 0. The SMILES string of the molecule is CC1=CCCN(C(=O)c2sc3cccnc3c2N)C1. The molecule has 1 aliphatic rings. The summed E-state index contributed by atoms with van der Waals surface area (Å²) >= 11 is 1.43. The Morgan fingerprint density at radius 1 is 1.53 bits per heavy atom. The number of carbonyl (C=O) groups excluding carboxylic acids is 1. The number of anilines is 1. The molecular formula is C14H15N3OS. The zero-order chi connectivity index (χ0) is 13.4. The maximum atomic E-state index is 12.5. The van der Waals surface area contributed by atoms with E-state index < -0.39 is 0 Å². The van der Waals surface area contributed by atoms with Crippen LogP contribution in [0.25, 0.3) is 10.2 Å². The van der Waals surface area contributed by atoms with Crippen molar-refractivity contribution in [3.05, 3.63) is 34.9 Å². The minimum absolute atomic E-state index is 0.0213. The van der Waals surface area contributed by atoms with Crippen LogP contribution in [0.1, 0.15) is 23.0 Å². The highest BCUT2D eigenvalue weighted by Crippen LogP contribution is 2.33. The van der Waals surface area contributed by atoms with E-state index in [1.54, 1.807) is 6.20 Å². The number of hydrogen-bond acceptors (Lipinski definition) is 4. The van der Waals surface area contributed by atoms with Crippen molar-refractivity contribution in [3.8, 4) is 0 Å². The zero-order valence-electron chi connectivity index (χ0n) is 10.7. The zero-order valence-corrected chi connectivity index (χ0v) is 11.5. The molecule has 1 amide bonds. The average Bonchev–Trinajstić information content (AvgIpc) is 2.76. The molecule has 1 aliphatic heterocycles. The Morgan fingerprint density at radius 2 is 2.37 bits per heavy atom. The lowest BCUT2D eigenvalue weighted by Crippen LogP contribution is -2.35. The van der Waals surface area contributed by atoms with Gasteiger partial charge in [-0.2, -0.15) is 0 Å². The average molecular weight is 273 g/mol. The first-order valence-corrected chi connectivity index (χ1v) is 7.06. The van der Waals surface area contributed by atoms with E-state index in [0.29, 0.717) is 17.1 Å². The van der Waals surface area contributed by atoms with Gasteiger partial charge in [-0.1, -0.05) is 11.6 Å². The number of pyridine rings is 1. The lowest BCUT2D eigenvalue weighted by atomic mass is 10.1. The molecule has 0 saturated carbocycles. The minimum Gasteiger partial charge on any atom is -0.396 e. The molecule has 3 rings (SSSR count).